The highest BCUT2D eigenvalue weighted by Gasteiger charge is 2.22. The van der Waals surface area contributed by atoms with Gasteiger partial charge in [0.25, 0.3) is 5.91 Å². The molecule has 2 rings (SSSR count). The molecule has 0 aliphatic heterocycles. The maximum absolute atomic E-state index is 13.7. The highest BCUT2D eigenvalue weighted by Crippen LogP contribution is 2.36. The number of halogens is 6. The average molecular weight is 400 g/mol. The molecule has 1 aromatic carbocycles. The fourth-order valence-electron chi connectivity index (χ4n) is 1.83. The predicted octanol–water partition coefficient (Wildman–Crippen LogP) is 5.46. The molecule has 1 aromatic heterocycles. The quantitative estimate of drug-likeness (QED) is 0.695. The van der Waals surface area contributed by atoms with Gasteiger partial charge in [-0.05, 0) is 13.0 Å². The second-order valence-electron chi connectivity index (χ2n) is 4.55. The summed E-state index contributed by atoms with van der Waals surface area (Å²) in [6.07, 6.45) is 0. The summed E-state index contributed by atoms with van der Waals surface area (Å²) >= 11 is 23.3. The van der Waals surface area contributed by atoms with Crippen LogP contribution in [0, 0.1) is 11.6 Å². The largest absolute Gasteiger partial charge is 0.344 e. The Bertz CT molecular complexity index is 786. The van der Waals surface area contributed by atoms with E-state index < -0.39 is 23.6 Å². The molecular weight excluding hydrogens is 392 g/mol. The molecule has 1 unspecified atom stereocenters. The van der Waals surface area contributed by atoms with Gasteiger partial charge in [-0.25, -0.2) is 13.8 Å². The van der Waals surface area contributed by atoms with Crippen LogP contribution in [0.5, 0.6) is 0 Å². The maximum Gasteiger partial charge on any atom is 0.272 e. The zero-order chi connectivity index (χ0) is 17.3. The Morgan fingerprint density at radius 2 is 1.78 bits per heavy atom. The Balaban J connectivity index is 2.29. The Kier molecular flexibility index (Phi) is 5.68. The van der Waals surface area contributed by atoms with E-state index >= 15 is 0 Å². The molecule has 0 saturated carbocycles. The lowest BCUT2D eigenvalue weighted by Crippen LogP contribution is -2.28. The Hall–Kier alpha value is -1.14. The van der Waals surface area contributed by atoms with E-state index in [0.29, 0.717) is 0 Å². The van der Waals surface area contributed by atoms with Gasteiger partial charge in [-0.2, -0.15) is 0 Å². The fraction of sp³-hybridized carbons (Fsp3) is 0.143. The third-order valence-electron chi connectivity index (χ3n) is 2.98. The molecule has 0 fully saturated rings. The Labute approximate surface area is 150 Å². The molecule has 0 aliphatic rings. The molecule has 1 N–H and O–H groups in total. The Morgan fingerprint density at radius 3 is 2.39 bits per heavy atom. The van der Waals surface area contributed by atoms with Gasteiger partial charge in [-0.1, -0.05) is 52.5 Å². The number of carbonyl (C=O) groups excluding carboxylic acids is 1. The normalized spacial score (nSPS) is 12.1. The van der Waals surface area contributed by atoms with Crippen LogP contribution in [0.4, 0.5) is 8.78 Å². The molecular formula is C14H8Cl4F2N2O. The van der Waals surface area contributed by atoms with Crippen LogP contribution in [0.15, 0.2) is 18.2 Å². The average Bonchev–Trinajstić information content (AvgIpc) is 2.48. The van der Waals surface area contributed by atoms with Crippen molar-refractivity contribution in [2.45, 2.75) is 13.0 Å². The summed E-state index contributed by atoms with van der Waals surface area (Å²) in [5.41, 5.74) is -0.150. The third kappa shape index (κ3) is 3.86. The van der Waals surface area contributed by atoms with E-state index in [-0.39, 0.29) is 31.5 Å². The first kappa shape index (κ1) is 18.2. The maximum atomic E-state index is 13.7. The van der Waals surface area contributed by atoms with E-state index in [1.165, 1.54) is 13.0 Å². The number of hydrogen-bond acceptors (Lipinski definition) is 2. The van der Waals surface area contributed by atoms with Gasteiger partial charge in [0.05, 0.1) is 21.1 Å². The molecule has 1 amide bonds. The second-order valence-corrected chi connectivity index (χ2v) is 6.05. The number of hydrogen-bond donors (Lipinski definition) is 1. The van der Waals surface area contributed by atoms with Gasteiger partial charge in [0.15, 0.2) is 0 Å². The number of amides is 1. The van der Waals surface area contributed by atoms with Crippen molar-refractivity contribution in [1.82, 2.24) is 10.3 Å². The molecule has 23 heavy (non-hydrogen) atoms. The summed E-state index contributed by atoms with van der Waals surface area (Å²) in [6.45, 7) is 1.52. The summed E-state index contributed by atoms with van der Waals surface area (Å²) in [7, 11) is 0. The van der Waals surface area contributed by atoms with E-state index in [1.54, 1.807) is 0 Å². The van der Waals surface area contributed by atoms with Crippen LogP contribution in [-0.2, 0) is 0 Å². The van der Waals surface area contributed by atoms with Gasteiger partial charge in [0.2, 0.25) is 0 Å². The SMILES string of the molecule is CC(NC(=O)c1nc(Cl)c(Cl)c(Cl)c1Cl)c1ccc(F)cc1F. The number of carbonyl (C=O) groups is 1. The van der Waals surface area contributed by atoms with Gasteiger partial charge in [-0.15, -0.1) is 0 Å². The monoisotopic (exact) mass is 398 g/mol. The van der Waals surface area contributed by atoms with Crippen LogP contribution in [0.2, 0.25) is 20.2 Å². The second kappa shape index (κ2) is 7.18. The van der Waals surface area contributed by atoms with Gasteiger partial charge >= 0.3 is 0 Å². The van der Waals surface area contributed by atoms with E-state index in [1.807, 2.05) is 0 Å². The topological polar surface area (TPSA) is 42.0 Å². The smallest absolute Gasteiger partial charge is 0.272 e. The number of pyridine rings is 1. The predicted molar refractivity (Wildman–Crippen MR) is 86.5 cm³/mol. The minimum absolute atomic E-state index is 0.0764. The van der Waals surface area contributed by atoms with Crippen molar-refractivity contribution in [3.05, 3.63) is 61.3 Å². The van der Waals surface area contributed by atoms with Gasteiger partial charge in [0.1, 0.15) is 22.5 Å². The number of benzene rings is 1. The molecule has 0 spiro atoms. The van der Waals surface area contributed by atoms with Crippen LogP contribution >= 0.6 is 46.4 Å². The third-order valence-corrected chi connectivity index (χ3v) is 4.65. The van der Waals surface area contributed by atoms with Crippen LogP contribution in [0.3, 0.4) is 0 Å². The number of nitrogens with zero attached hydrogens (tertiary/aromatic N) is 1. The Morgan fingerprint density at radius 1 is 1.13 bits per heavy atom. The molecule has 2 aromatic rings. The van der Waals surface area contributed by atoms with Crippen molar-refractivity contribution in [1.29, 1.82) is 0 Å². The van der Waals surface area contributed by atoms with Crippen LogP contribution < -0.4 is 5.32 Å². The molecule has 0 saturated heterocycles. The molecule has 0 aliphatic carbocycles. The first-order valence-electron chi connectivity index (χ1n) is 6.18. The first-order valence-corrected chi connectivity index (χ1v) is 7.69. The highest BCUT2D eigenvalue weighted by atomic mass is 35.5. The van der Waals surface area contributed by atoms with Crippen molar-refractivity contribution in [2.24, 2.45) is 0 Å². The van der Waals surface area contributed by atoms with Crippen LogP contribution in [0.1, 0.15) is 29.0 Å². The molecule has 0 bridgehead atoms. The lowest BCUT2D eigenvalue weighted by Gasteiger charge is -2.16. The van der Waals surface area contributed by atoms with Crippen molar-refractivity contribution >= 4 is 52.3 Å². The minimum Gasteiger partial charge on any atom is -0.344 e. The summed E-state index contributed by atoms with van der Waals surface area (Å²) in [5, 5.41) is 1.93. The molecule has 1 atom stereocenters. The molecule has 9 heteroatoms. The molecule has 1 heterocycles. The summed E-state index contributed by atoms with van der Waals surface area (Å²) in [5.74, 6) is -2.23. The van der Waals surface area contributed by atoms with Gasteiger partial charge < -0.3 is 5.32 Å². The number of rotatable bonds is 3. The molecule has 122 valence electrons. The van der Waals surface area contributed by atoms with Crippen LogP contribution in [-0.4, -0.2) is 10.9 Å². The van der Waals surface area contributed by atoms with E-state index in [2.05, 4.69) is 10.3 Å². The fourth-order valence-corrected chi connectivity index (χ4v) is 2.65. The lowest BCUT2D eigenvalue weighted by atomic mass is 10.1. The minimum atomic E-state index is -0.788. The lowest BCUT2D eigenvalue weighted by molar-refractivity contribution is 0.0934. The molecule has 3 nitrogen and oxygen atoms in total. The van der Waals surface area contributed by atoms with Crippen LogP contribution in [0.25, 0.3) is 0 Å². The molecule has 0 radical (unpaired) electrons. The van der Waals surface area contributed by atoms with Crippen molar-refractivity contribution in [2.75, 3.05) is 0 Å². The zero-order valence-corrected chi connectivity index (χ0v) is 14.5. The summed E-state index contributed by atoms with van der Waals surface area (Å²) in [6, 6.07) is 2.27. The van der Waals surface area contributed by atoms with E-state index in [0.717, 1.165) is 12.1 Å². The van der Waals surface area contributed by atoms with E-state index in [9.17, 15) is 13.6 Å². The summed E-state index contributed by atoms with van der Waals surface area (Å²) < 4.78 is 26.6. The van der Waals surface area contributed by atoms with Gasteiger partial charge in [0, 0.05) is 11.6 Å². The first-order chi connectivity index (χ1) is 10.7. The van der Waals surface area contributed by atoms with E-state index in [4.69, 9.17) is 46.4 Å². The van der Waals surface area contributed by atoms with Crippen molar-refractivity contribution < 1.29 is 13.6 Å². The number of nitrogens with one attached hydrogen (secondary N) is 1. The highest BCUT2D eigenvalue weighted by molar-refractivity contribution is 6.52. The van der Waals surface area contributed by atoms with Crippen molar-refractivity contribution in [3.8, 4) is 0 Å². The van der Waals surface area contributed by atoms with Crippen molar-refractivity contribution in [3.63, 3.8) is 0 Å². The zero-order valence-electron chi connectivity index (χ0n) is 11.4. The van der Waals surface area contributed by atoms with Gasteiger partial charge in [-0.3, -0.25) is 4.79 Å². The standard InChI is InChI=1S/C14H8Cl4F2N2O/c1-5(7-3-2-6(19)4-8(7)20)21-14(23)12-10(16)9(15)11(17)13(18)22-12/h2-5H,1H3,(H,21,23). The number of aromatic nitrogens is 1. The summed E-state index contributed by atoms with van der Waals surface area (Å²) in [4.78, 5) is 16.0.